The van der Waals surface area contributed by atoms with Gasteiger partial charge in [-0.2, -0.15) is 5.26 Å². The highest BCUT2D eigenvalue weighted by Crippen LogP contribution is 2.25. The van der Waals surface area contributed by atoms with Crippen molar-refractivity contribution in [3.05, 3.63) is 27.1 Å². The summed E-state index contributed by atoms with van der Waals surface area (Å²) in [6, 6.07) is 6.65. The molecule has 1 aromatic carbocycles. The molecule has 7 heteroatoms. The number of benzene rings is 1. The van der Waals surface area contributed by atoms with Gasteiger partial charge in [-0.25, -0.2) is 13.1 Å². The molecule has 0 bridgehead atoms. The minimum absolute atomic E-state index is 0.112. The Morgan fingerprint density at radius 1 is 1.38 bits per heavy atom. The van der Waals surface area contributed by atoms with E-state index in [1.807, 2.05) is 6.07 Å². The van der Waals surface area contributed by atoms with Gasteiger partial charge in [0.15, 0.2) is 0 Å². The number of hydrogen-bond donors (Lipinski definition) is 1. The van der Waals surface area contributed by atoms with Crippen LogP contribution in [0, 0.1) is 11.3 Å². The standard InChI is InChI=1S/C9H8Br2N2O2S/c10-7-2-3-9(8(11)6-7)16(14,15)13-5-1-4-12/h2-3,6,13H,1,5H2. The van der Waals surface area contributed by atoms with E-state index in [9.17, 15) is 8.42 Å². The molecule has 1 rings (SSSR count). The molecule has 0 fully saturated rings. The fourth-order valence-corrected chi connectivity index (χ4v) is 3.79. The molecule has 0 atom stereocenters. The molecular weight excluding hydrogens is 360 g/mol. The van der Waals surface area contributed by atoms with Gasteiger partial charge in [0.1, 0.15) is 0 Å². The van der Waals surface area contributed by atoms with E-state index in [0.29, 0.717) is 4.47 Å². The average Bonchev–Trinajstić information content (AvgIpc) is 2.17. The number of hydrogen-bond acceptors (Lipinski definition) is 3. The molecule has 1 N–H and O–H groups in total. The Hall–Kier alpha value is -0.420. The smallest absolute Gasteiger partial charge is 0.210 e. The van der Waals surface area contributed by atoms with Crippen LogP contribution in [-0.2, 0) is 10.0 Å². The second kappa shape index (κ2) is 5.77. The molecule has 0 aliphatic carbocycles. The summed E-state index contributed by atoms with van der Waals surface area (Å²) in [5, 5.41) is 8.32. The third kappa shape index (κ3) is 3.56. The van der Waals surface area contributed by atoms with Gasteiger partial charge in [0.25, 0.3) is 0 Å². The zero-order valence-corrected chi connectivity index (χ0v) is 12.1. The first-order chi connectivity index (χ1) is 7.47. The van der Waals surface area contributed by atoms with Crippen molar-refractivity contribution in [1.29, 1.82) is 5.26 Å². The van der Waals surface area contributed by atoms with Gasteiger partial charge in [0.2, 0.25) is 10.0 Å². The molecule has 16 heavy (non-hydrogen) atoms. The van der Waals surface area contributed by atoms with Crippen molar-refractivity contribution >= 4 is 41.9 Å². The monoisotopic (exact) mass is 366 g/mol. The third-order valence-corrected chi connectivity index (χ3v) is 4.64. The SMILES string of the molecule is N#CCCNS(=O)(=O)c1ccc(Br)cc1Br. The molecule has 4 nitrogen and oxygen atoms in total. The molecule has 0 aromatic heterocycles. The molecule has 86 valence electrons. The molecule has 0 amide bonds. The quantitative estimate of drug-likeness (QED) is 0.830. The van der Waals surface area contributed by atoms with Crippen LogP contribution < -0.4 is 4.72 Å². The van der Waals surface area contributed by atoms with Crippen molar-refractivity contribution < 1.29 is 8.42 Å². The Labute approximate surface area is 111 Å². The summed E-state index contributed by atoms with van der Waals surface area (Å²) in [5.74, 6) is 0. The van der Waals surface area contributed by atoms with Gasteiger partial charge in [0, 0.05) is 21.9 Å². The van der Waals surface area contributed by atoms with Crippen LogP contribution in [0.1, 0.15) is 6.42 Å². The molecular formula is C9H8Br2N2O2S. The number of nitriles is 1. The molecule has 0 saturated heterocycles. The highest BCUT2D eigenvalue weighted by Gasteiger charge is 2.16. The number of nitrogens with one attached hydrogen (secondary N) is 1. The zero-order chi connectivity index (χ0) is 12.2. The Balaban J connectivity index is 2.95. The summed E-state index contributed by atoms with van der Waals surface area (Å²) in [7, 11) is -3.55. The molecule has 0 unspecified atom stereocenters. The molecule has 0 radical (unpaired) electrons. The number of nitrogens with zero attached hydrogens (tertiary/aromatic N) is 1. The van der Waals surface area contributed by atoms with Crippen LogP contribution in [0.25, 0.3) is 0 Å². The maximum absolute atomic E-state index is 11.8. The number of halogens is 2. The van der Waals surface area contributed by atoms with Gasteiger partial charge < -0.3 is 0 Å². The largest absolute Gasteiger partial charge is 0.241 e. The Morgan fingerprint density at radius 2 is 2.06 bits per heavy atom. The van der Waals surface area contributed by atoms with E-state index >= 15 is 0 Å². The summed E-state index contributed by atoms with van der Waals surface area (Å²) >= 11 is 6.42. The van der Waals surface area contributed by atoms with Crippen LogP contribution in [0.4, 0.5) is 0 Å². The molecule has 1 aromatic rings. The first-order valence-corrected chi connectivity index (χ1v) is 7.36. The first kappa shape index (κ1) is 13.6. The Morgan fingerprint density at radius 3 is 2.62 bits per heavy atom. The molecule has 0 saturated carbocycles. The van der Waals surface area contributed by atoms with Crippen LogP contribution in [0.2, 0.25) is 0 Å². The Bertz CT molecular complexity index is 523. The van der Waals surface area contributed by atoms with Gasteiger partial charge in [0.05, 0.1) is 11.0 Å². The van der Waals surface area contributed by atoms with Crippen LogP contribution >= 0.6 is 31.9 Å². The van der Waals surface area contributed by atoms with Crippen LogP contribution in [0.5, 0.6) is 0 Å². The lowest BCUT2D eigenvalue weighted by Crippen LogP contribution is -2.24. The normalized spacial score (nSPS) is 11.1. The predicted octanol–water partition coefficient (Wildman–Crippen LogP) is 2.40. The van der Waals surface area contributed by atoms with Crippen LogP contribution in [0.15, 0.2) is 32.0 Å². The van der Waals surface area contributed by atoms with Gasteiger partial charge in [-0.1, -0.05) is 15.9 Å². The summed E-state index contributed by atoms with van der Waals surface area (Å²) in [6.07, 6.45) is 0.146. The van der Waals surface area contributed by atoms with Crippen LogP contribution in [0.3, 0.4) is 0 Å². The lowest BCUT2D eigenvalue weighted by Gasteiger charge is -2.07. The van der Waals surface area contributed by atoms with Gasteiger partial charge >= 0.3 is 0 Å². The fourth-order valence-electron chi connectivity index (χ4n) is 1.01. The van der Waals surface area contributed by atoms with Crippen molar-refractivity contribution in [3.8, 4) is 6.07 Å². The average molecular weight is 368 g/mol. The predicted molar refractivity (Wildman–Crippen MR) is 67.3 cm³/mol. The summed E-state index contributed by atoms with van der Waals surface area (Å²) in [5.41, 5.74) is 0. The van der Waals surface area contributed by atoms with Gasteiger partial charge in [-0.15, -0.1) is 0 Å². The molecule has 0 heterocycles. The van der Waals surface area contributed by atoms with Gasteiger partial charge in [-0.05, 0) is 34.1 Å². The van der Waals surface area contributed by atoms with E-state index in [1.165, 1.54) is 6.07 Å². The highest BCUT2D eigenvalue weighted by atomic mass is 79.9. The second-order valence-corrected chi connectivity index (χ2v) is 6.39. The van der Waals surface area contributed by atoms with E-state index in [4.69, 9.17) is 5.26 Å². The fraction of sp³-hybridized carbons (Fsp3) is 0.222. The summed E-state index contributed by atoms with van der Waals surface area (Å²) < 4.78 is 27.2. The van der Waals surface area contributed by atoms with Crippen molar-refractivity contribution in [2.75, 3.05) is 6.54 Å². The van der Waals surface area contributed by atoms with E-state index in [2.05, 4.69) is 36.6 Å². The molecule has 0 spiro atoms. The van der Waals surface area contributed by atoms with Gasteiger partial charge in [-0.3, -0.25) is 0 Å². The highest BCUT2D eigenvalue weighted by molar-refractivity contribution is 9.11. The maximum atomic E-state index is 11.8. The van der Waals surface area contributed by atoms with E-state index in [0.717, 1.165) is 4.47 Å². The van der Waals surface area contributed by atoms with E-state index in [-0.39, 0.29) is 17.9 Å². The van der Waals surface area contributed by atoms with Crippen molar-refractivity contribution in [3.63, 3.8) is 0 Å². The first-order valence-electron chi connectivity index (χ1n) is 4.29. The second-order valence-electron chi connectivity index (χ2n) is 2.88. The lowest BCUT2D eigenvalue weighted by molar-refractivity contribution is 0.582. The molecule has 0 aliphatic rings. The van der Waals surface area contributed by atoms with E-state index < -0.39 is 10.0 Å². The minimum atomic E-state index is -3.55. The van der Waals surface area contributed by atoms with Crippen molar-refractivity contribution in [2.45, 2.75) is 11.3 Å². The lowest BCUT2D eigenvalue weighted by atomic mass is 10.4. The summed E-state index contributed by atoms with van der Waals surface area (Å²) in [6.45, 7) is 0.112. The third-order valence-electron chi connectivity index (χ3n) is 1.71. The summed E-state index contributed by atoms with van der Waals surface area (Å²) in [4.78, 5) is 0.161. The maximum Gasteiger partial charge on any atom is 0.241 e. The van der Waals surface area contributed by atoms with Crippen LogP contribution in [-0.4, -0.2) is 15.0 Å². The van der Waals surface area contributed by atoms with Crippen molar-refractivity contribution in [1.82, 2.24) is 4.72 Å². The minimum Gasteiger partial charge on any atom is -0.210 e. The van der Waals surface area contributed by atoms with Crippen molar-refractivity contribution in [2.24, 2.45) is 0 Å². The Kier molecular flexibility index (Phi) is 4.92. The number of sulfonamides is 1. The topological polar surface area (TPSA) is 70.0 Å². The zero-order valence-electron chi connectivity index (χ0n) is 8.07. The number of rotatable bonds is 4. The molecule has 0 aliphatic heterocycles. The van der Waals surface area contributed by atoms with E-state index in [1.54, 1.807) is 12.1 Å².